The molecular weight excluding hydrogens is 444 g/mol. The van der Waals surface area contributed by atoms with Gasteiger partial charge >= 0.3 is 0 Å². The molecule has 11 heteroatoms. The van der Waals surface area contributed by atoms with E-state index in [4.69, 9.17) is 0 Å². The topological polar surface area (TPSA) is 125 Å². The molecule has 3 heterocycles. The highest BCUT2D eigenvalue weighted by Gasteiger charge is 2.29. The largest absolute Gasteiger partial charge is 0.326 e. The van der Waals surface area contributed by atoms with Crippen molar-refractivity contribution in [2.45, 2.75) is 24.5 Å². The number of non-ortho nitro benzene ring substituents is 1. The first-order valence-electron chi connectivity index (χ1n) is 10.2. The van der Waals surface area contributed by atoms with E-state index in [1.54, 1.807) is 16.2 Å². The standard InChI is InChI=1S/C22H18N6O4S/c1-13-9-15(28(31)32)7-8-18(13)24-19(29)10-16-12-33-22-25-20-17(21(30)26(16)22)11-23-27(20)14-5-3-2-4-6-14/h2-9,11,16H,10,12H2,1H3,(H,24,29). The Morgan fingerprint density at radius 1 is 1.27 bits per heavy atom. The molecule has 10 nitrogen and oxygen atoms in total. The average molecular weight is 462 g/mol. The van der Waals surface area contributed by atoms with Crippen LogP contribution in [0.25, 0.3) is 16.7 Å². The summed E-state index contributed by atoms with van der Waals surface area (Å²) in [5.41, 5.74) is 2.11. The molecule has 4 aromatic rings. The number of aryl methyl sites for hydroxylation is 1. The first kappa shape index (κ1) is 20.9. The van der Waals surface area contributed by atoms with Crippen molar-refractivity contribution in [3.05, 3.63) is 80.8 Å². The summed E-state index contributed by atoms with van der Waals surface area (Å²) in [4.78, 5) is 41.0. The highest BCUT2D eigenvalue weighted by Crippen LogP contribution is 2.34. The third-order valence-corrected chi connectivity index (χ3v) is 6.58. The number of rotatable bonds is 5. The van der Waals surface area contributed by atoms with Crippen molar-refractivity contribution in [3.63, 3.8) is 0 Å². The van der Waals surface area contributed by atoms with Crippen molar-refractivity contribution in [3.8, 4) is 5.69 Å². The number of carbonyl (C=O) groups is 1. The van der Waals surface area contributed by atoms with Crippen molar-refractivity contribution in [1.29, 1.82) is 0 Å². The number of nitrogens with one attached hydrogen (secondary N) is 1. The molecular formula is C22H18N6O4S. The fraction of sp³-hybridized carbons (Fsp3) is 0.182. The predicted molar refractivity (Wildman–Crippen MR) is 124 cm³/mol. The zero-order valence-electron chi connectivity index (χ0n) is 17.5. The van der Waals surface area contributed by atoms with Crippen molar-refractivity contribution in [2.24, 2.45) is 0 Å². The van der Waals surface area contributed by atoms with Gasteiger partial charge in [0.2, 0.25) is 5.91 Å². The summed E-state index contributed by atoms with van der Waals surface area (Å²) in [6.07, 6.45) is 1.58. The van der Waals surface area contributed by atoms with Crippen LogP contribution in [0.1, 0.15) is 18.0 Å². The van der Waals surface area contributed by atoms with Gasteiger partial charge in [-0.25, -0.2) is 9.67 Å². The third-order valence-electron chi connectivity index (χ3n) is 5.49. The zero-order chi connectivity index (χ0) is 23.1. The molecule has 33 heavy (non-hydrogen) atoms. The van der Waals surface area contributed by atoms with Crippen molar-refractivity contribution in [2.75, 3.05) is 11.1 Å². The molecule has 0 bridgehead atoms. The van der Waals surface area contributed by atoms with Gasteiger partial charge in [-0.05, 0) is 30.7 Å². The van der Waals surface area contributed by atoms with Crippen molar-refractivity contribution >= 4 is 40.1 Å². The van der Waals surface area contributed by atoms with E-state index in [-0.39, 0.29) is 29.6 Å². The molecule has 5 rings (SSSR count). The van der Waals surface area contributed by atoms with Gasteiger partial charge in [0.15, 0.2) is 10.8 Å². The molecule has 1 aliphatic heterocycles. The molecule has 2 aromatic carbocycles. The van der Waals surface area contributed by atoms with Crippen LogP contribution >= 0.6 is 11.8 Å². The molecule has 1 aliphatic rings. The molecule has 0 spiro atoms. The van der Waals surface area contributed by atoms with E-state index in [0.29, 0.717) is 33.2 Å². The highest BCUT2D eigenvalue weighted by molar-refractivity contribution is 7.99. The first-order chi connectivity index (χ1) is 15.9. The predicted octanol–water partition coefficient (Wildman–Crippen LogP) is 3.47. The van der Waals surface area contributed by atoms with Gasteiger partial charge in [0.25, 0.3) is 11.2 Å². The van der Waals surface area contributed by atoms with Crippen LogP contribution in [0.15, 0.2) is 64.7 Å². The van der Waals surface area contributed by atoms with Crippen LogP contribution in [-0.2, 0) is 4.79 Å². The fourth-order valence-corrected chi connectivity index (χ4v) is 4.99. The smallest absolute Gasteiger partial charge is 0.269 e. The summed E-state index contributed by atoms with van der Waals surface area (Å²) in [5, 5.41) is 19.0. The SMILES string of the molecule is Cc1cc([N+](=O)[O-])ccc1NC(=O)CC1CSc2nc3c(cnn3-c3ccccc3)c(=O)n21. The van der Waals surface area contributed by atoms with E-state index >= 15 is 0 Å². The number of anilines is 1. The lowest BCUT2D eigenvalue weighted by molar-refractivity contribution is -0.384. The number of hydrogen-bond donors (Lipinski definition) is 1. The van der Waals surface area contributed by atoms with Gasteiger partial charge in [-0.1, -0.05) is 30.0 Å². The third kappa shape index (κ3) is 3.76. The molecule has 0 radical (unpaired) electrons. The van der Waals surface area contributed by atoms with E-state index in [2.05, 4.69) is 15.4 Å². The summed E-state index contributed by atoms with van der Waals surface area (Å²) in [6.45, 7) is 1.69. The quantitative estimate of drug-likeness (QED) is 0.273. The number of carbonyl (C=O) groups excluding carboxylic acids is 1. The molecule has 1 amide bonds. The summed E-state index contributed by atoms with van der Waals surface area (Å²) < 4.78 is 3.20. The number of aromatic nitrogens is 4. The Balaban J connectivity index is 1.40. The van der Waals surface area contributed by atoms with Gasteiger partial charge in [0.1, 0.15) is 5.39 Å². The maximum Gasteiger partial charge on any atom is 0.269 e. The normalized spacial score (nSPS) is 14.9. The number of amides is 1. The molecule has 1 N–H and O–H groups in total. The van der Waals surface area contributed by atoms with Gasteiger partial charge in [0, 0.05) is 30.0 Å². The lowest BCUT2D eigenvalue weighted by Gasteiger charge is -2.14. The minimum absolute atomic E-state index is 0.0377. The number of fused-ring (bicyclic) bond motifs is 2. The Morgan fingerprint density at radius 3 is 2.79 bits per heavy atom. The van der Waals surface area contributed by atoms with Crippen LogP contribution in [0.4, 0.5) is 11.4 Å². The van der Waals surface area contributed by atoms with E-state index in [1.165, 1.54) is 36.2 Å². The summed E-state index contributed by atoms with van der Waals surface area (Å²) in [5.74, 6) is 0.262. The lowest BCUT2D eigenvalue weighted by atomic mass is 10.1. The van der Waals surface area contributed by atoms with Crippen LogP contribution in [0.3, 0.4) is 0 Å². The van der Waals surface area contributed by atoms with Crippen molar-refractivity contribution in [1.82, 2.24) is 19.3 Å². The Kier molecular flexibility index (Phi) is 5.17. The van der Waals surface area contributed by atoms with Gasteiger partial charge in [-0.15, -0.1) is 0 Å². The first-order valence-corrected chi connectivity index (χ1v) is 11.1. The van der Waals surface area contributed by atoms with Crippen molar-refractivity contribution < 1.29 is 9.72 Å². The molecule has 1 atom stereocenters. The fourth-order valence-electron chi connectivity index (χ4n) is 3.86. The number of thioether (sulfide) groups is 1. The van der Waals surface area contributed by atoms with Gasteiger partial charge in [0.05, 0.1) is 22.8 Å². The van der Waals surface area contributed by atoms with E-state index in [9.17, 15) is 19.7 Å². The van der Waals surface area contributed by atoms with Gasteiger partial charge in [-0.2, -0.15) is 5.10 Å². The van der Waals surface area contributed by atoms with E-state index in [1.807, 2.05) is 30.3 Å². The van der Waals surface area contributed by atoms with E-state index in [0.717, 1.165) is 5.69 Å². The number of hydrogen-bond acceptors (Lipinski definition) is 7. The van der Waals surface area contributed by atoms with E-state index < -0.39 is 4.92 Å². The maximum atomic E-state index is 13.2. The molecule has 166 valence electrons. The summed E-state index contributed by atoms with van der Waals surface area (Å²) >= 11 is 1.42. The number of benzene rings is 2. The molecule has 2 aromatic heterocycles. The zero-order valence-corrected chi connectivity index (χ0v) is 18.3. The summed E-state index contributed by atoms with van der Waals surface area (Å²) in [6, 6.07) is 13.4. The van der Waals surface area contributed by atoms with Gasteiger partial charge < -0.3 is 5.32 Å². The van der Waals surface area contributed by atoms with Crippen LogP contribution in [0, 0.1) is 17.0 Å². The second kappa shape index (κ2) is 8.17. The number of nitro benzene ring substituents is 1. The highest BCUT2D eigenvalue weighted by atomic mass is 32.2. The maximum absolute atomic E-state index is 13.2. The van der Waals surface area contributed by atoms with Crippen LogP contribution in [-0.4, -0.2) is 35.9 Å². The minimum atomic E-state index is -0.481. The minimum Gasteiger partial charge on any atom is -0.326 e. The second-order valence-electron chi connectivity index (χ2n) is 7.67. The Bertz CT molecular complexity index is 1460. The van der Waals surface area contributed by atoms with Gasteiger partial charge in [-0.3, -0.25) is 24.3 Å². The molecule has 0 saturated carbocycles. The molecule has 0 saturated heterocycles. The van der Waals surface area contributed by atoms with Crippen LogP contribution in [0.5, 0.6) is 0 Å². The number of nitro groups is 1. The molecule has 0 fully saturated rings. The monoisotopic (exact) mass is 462 g/mol. The lowest BCUT2D eigenvalue weighted by Crippen LogP contribution is -2.27. The van der Waals surface area contributed by atoms with Crippen LogP contribution < -0.4 is 10.9 Å². The molecule has 1 unspecified atom stereocenters. The number of nitrogens with zero attached hydrogens (tertiary/aromatic N) is 5. The Labute approximate surface area is 191 Å². The van der Waals surface area contributed by atoms with Crippen LogP contribution in [0.2, 0.25) is 0 Å². The average Bonchev–Trinajstić information content (AvgIpc) is 3.40. The Morgan fingerprint density at radius 2 is 2.06 bits per heavy atom. The Hall–Kier alpha value is -3.99. The molecule has 0 aliphatic carbocycles. The second-order valence-corrected chi connectivity index (χ2v) is 8.66. The summed E-state index contributed by atoms with van der Waals surface area (Å²) in [7, 11) is 0. The number of para-hydroxylation sites is 1.